The summed E-state index contributed by atoms with van der Waals surface area (Å²) in [5.41, 5.74) is 2.76. The van der Waals surface area contributed by atoms with E-state index in [4.69, 9.17) is 11.6 Å². The van der Waals surface area contributed by atoms with Gasteiger partial charge in [-0.25, -0.2) is 4.98 Å². The number of nitrogens with zero attached hydrogens (tertiary/aromatic N) is 1. The molecular weight excluding hydrogens is 346 g/mol. The molecule has 26 heavy (non-hydrogen) atoms. The summed E-state index contributed by atoms with van der Waals surface area (Å²) in [6.07, 6.45) is 2.43. The largest absolute Gasteiger partial charge is 0.366 e. The lowest BCUT2D eigenvalue weighted by Crippen LogP contribution is -2.25. The van der Waals surface area contributed by atoms with Crippen LogP contribution in [-0.4, -0.2) is 17.4 Å². The highest BCUT2D eigenvalue weighted by Crippen LogP contribution is 2.16. The maximum absolute atomic E-state index is 12.3. The monoisotopic (exact) mass is 365 g/mol. The summed E-state index contributed by atoms with van der Waals surface area (Å²) in [7, 11) is 0. The fraction of sp³-hybridized carbons (Fsp3) is 0.143. The lowest BCUT2D eigenvalue weighted by molar-refractivity contribution is 0.0954. The average Bonchev–Trinajstić information content (AvgIpc) is 2.68. The van der Waals surface area contributed by atoms with E-state index in [0.29, 0.717) is 29.5 Å². The highest BCUT2D eigenvalue weighted by molar-refractivity contribution is 6.31. The number of carbonyl (C=O) groups excluding carboxylic acids is 1. The molecule has 0 spiro atoms. The van der Waals surface area contributed by atoms with Crippen LogP contribution < -0.4 is 10.6 Å². The molecule has 5 heteroatoms. The van der Waals surface area contributed by atoms with Crippen molar-refractivity contribution in [2.24, 2.45) is 0 Å². The molecule has 1 amide bonds. The number of hydrogen-bond donors (Lipinski definition) is 2. The molecule has 0 fully saturated rings. The number of nitrogens with one attached hydrogen (secondary N) is 2. The van der Waals surface area contributed by atoms with Gasteiger partial charge in [-0.3, -0.25) is 4.79 Å². The first-order chi connectivity index (χ1) is 12.7. The van der Waals surface area contributed by atoms with Crippen molar-refractivity contribution in [1.82, 2.24) is 10.3 Å². The zero-order valence-corrected chi connectivity index (χ0v) is 15.0. The number of rotatable bonds is 7. The summed E-state index contributed by atoms with van der Waals surface area (Å²) in [6, 6.07) is 21.2. The van der Waals surface area contributed by atoms with Gasteiger partial charge < -0.3 is 10.6 Å². The van der Waals surface area contributed by atoms with Crippen LogP contribution in [0.5, 0.6) is 0 Å². The molecule has 0 saturated heterocycles. The van der Waals surface area contributed by atoms with E-state index in [0.717, 1.165) is 12.0 Å². The Morgan fingerprint density at radius 3 is 2.58 bits per heavy atom. The molecule has 0 atom stereocenters. The lowest BCUT2D eigenvalue weighted by atomic mass is 10.1. The van der Waals surface area contributed by atoms with Crippen molar-refractivity contribution in [2.75, 3.05) is 11.9 Å². The first-order valence-corrected chi connectivity index (χ1v) is 8.85. The predicted octanol–water partition coefficient (Wildman–Crippen LogP) is 4.32. The van der Waals surface area contributed by atoms with Crippen molar-refractivity contribution in [2.45, 2.75) is 13.0 Å². The number of amides is 1. The zero-order chi connectivity index (χ0) is 18.2. The average molecular weight is 366 g/mol. The molecule has 0 unspecified atom stereocenters. The molecule has 0 radical (unpaired) electrons. The highest BCUT2D eigenvalue weighted by Gasteiger charge is 2.07. The second kappa shape index (κ2) is 9.02. The van der Waals surface area contributed by atoms with E-state index in [2.05, 4.69) is 27.8 Å². The zero-order valence-electron chi connectivity index (χ0n) is 14.3. The summed E-state index contributed by atoms with van der Waals surface area (Å²) in [5, 5.41) is 6.85. The van der Waals surface area contributed by atoms with Gasteiger partial charge in [0.2, 0.25) is 0 Å². The third-order valence-corrected chi connectivity index (χ3v) is 4.35. The molecule has 0 aliphatic rings. The Balaban J connectivity index is 1.54. The van der Waals surface area contributed by atoms with Gasteiger partial charge in [0.05, 0.1) is 0 Å². The van der Waals surface area contributed by atoms with Crippen molar-refractivity contribution in [3.05, 3.63) is 94.6 Å². The number of anilines is 1. The van der Waals surface area contributed by atoms with Gasteiger partial charge in [-0.2, -0.15) is 0 Å². The second-order valence-corrected chi connectivity index (χ2v) is 6.27. The number of hydrogen-bond acceptors (Lipinski definition) is 3. The molecule has 0 aliphatic heterocycles. The first-order valence-electron chi connectivity index (χ1n) is 8.48. The maximum atomic E-state index is 12.3. The SMILES string of the molecule is O=C(NCCc1ccccc1)c1ccnc(NCc2ccccc2Cl)c1. The Kier molecular flexibility index (Phi) is 6.23. The third-order valence-electron chi connectivity index (χ3n) is 3.98. The van der Waals surface area contributed by atoms with Crippen LogP contribution >= 0.6 is 11.6 Å². The Labute approximate surface area is 158 Å². The number of pyridine rings is 1. The van der Waals surface area contributed by atoms with Gasteiger partial charge in [-0.1, -0.05) is 60.1 Å². The normalized spacial score (nSPS) is 10.3. The fourth-order valence-electron chi connectivity index (χ4n) is 2.56. The van der Waals surface area contributed by atoms with Crippen LogP contribution in [0.1, 0.15) is 21.5 Å². The van der Waals surface area contributed by atoms with Crippen LogP contribution in [0.4, 0.5) is 5.82 Å². The van der Waals surface area contributed by atoms with Crippen LogP contribution in [0.2, 0.25) is 5.02 Å². The summed E-state index contributed by atoms with van der Waals surface area (Å²) in [4.78, 5) is 16.6. The Hall–Kier alpha value is -2.85. The van der Waals surface area contributed by atoms with E-state index in [-0.39, 0.29) is 5.91 Å². The Bertz CT molecular complexity index is 868. The summed E-state index contributed by atoms with van der Waals surface area (Å²) < 4.78 is 0. The van der Waals surface area contributed by atoms with Gasteiger partial charge in [0.15, 0.2) is 0 Å². The van der Waals surface area contributed by atoms with Crippen molar-refractivity contribution < 1.29 is 4.79 Å². The number of halogens is 1. The molecule has 132 valence electrons. The van der Waals surface area contributed by atoms with Crippen LogP contribution in [0, 0.1) is 0 Å². The van der Waals surface area contributed by atoms with E-state index in [1.807, 2.05) is 42.5 Å². The van der Waals surface area contributed by atoms with Gasteiger partial charge in [0.1, 0.15) is 5.82 Å². The topological polar surface area (TPSA) is 54.0 Å². The molecule has 0 bridgehead atoms. The van der Waals surface area contributed by atoms with Gasteiger partial charge in [0, 0.05) is 29.9 Å². The van der Waals surface area contributed by atoms with Gasteiger partial charge >= 0.3 is 0 Å². The van der Waals surface area contributed by atoms with Crippen molar-refractivity contribution in [1.29, 1.82) is 0 Å². The van der Waals surface area contributed by atoms with Crippen molar-refractivity contribution in [3.8, 4) is 0 Å². The van der Waals surface area contributed by atoms with E-state index in [9.17, 15) is 4.79 Å². The minimum Gasteiger partial charge on any atom is -0.366 e. The molecule has 0 saturated carbocycles. The highest BCUT2D eigenvalue weighted by atomic mass is 35.5. The summed E-state index contributed by atoms with van der Waals surface area (Å²) >= 11 is 6.16. The van der Waals surface area contributed by atoms with Crippen molar-refractivity contribution >= 4 is 23.3 Å². The van der Waals surface area contributed by atoms with Crippen LogP contribution in [0.25, 0.3) is 0 Å². The first kappa shape index (κ1) is 18.0. The van der Waals surface area contributed by atoms with E-state index in [1.54, 1.807) is 18.3 Å². The third kappa shape index (κ3) is 5.07. The predicted molar refractivity (Wildman–Crippen MR) is 105 cm³/mol. The molecule has 3 aromatic rings. The molecule has 2 N–H and O–H groups in total. The van der Waals surface area contributed by atoms with Crippen LogP contribution in [0.15, 0.2) is 72.9 Å². The van der Waals surface area contributed by atoms with Gasteiger partial charge in [0.25, 0.3) is 5.91 Å². The second-order valence-electron chi connectivity index (χ2n) is 5.87. The minimum absolute atomic E-state index is 0.107. The van der Waals surface area contributed by atoms with E-state index < -0.39 is 0 Å². The summed E-state index contributed by atoms with van der Waals surface area (Å²) in [6.45, 7) is 1.14. The van der Waals surface area contributed by atoms with Crippen LogP contribution in [0.3, 0.4) is 0 Å². The minimum atomic E-state index is -0.107. The van der Waals surface area contributed by atoms with Crippen LogP contribution in [-0.2, 0) is 13.0 Å². The Morgan fingerprint density at radius 1 is 1.00 bits per heavy atom. The lowest BCUT2D eigenvalue weighted by Gasteiger charge is -2.09. The van der Waals surface area contributed by atoms with E-state index in [1.165, 1.54) is 5.56 Å². The standard InChI is InChI=1S/C21H20ClN3O/c22-19-9-5-4-8-18(19)15-25-20-14-17(11-13-23-20)21(26)24-12-10-16-6-2-1-3-7-16/h1-9,11,13-14H,10,12,15H2,(H,23,25)(H,24,26). The summed E-state index contributed by atoms with van der Waals surface area (Å²) in [5.74, 6) is 0.532. The quantitative estimate of drug-likeness (QED) is 0.655. The smallest absolute Gasteiger partial charge is 0.251 e. The fourth-order valence-corrected chi connectivity index (χ4v) is 2.77. The Morgan fingerprint density at radius 2 is 1.77 bits per heavy atom. The molecule has 1 aromatic heterocycles. The molecule has 3 rings (SSSR count). The molecule has 4 nitrogen and oxygen atoms in total. The number of aromatic nitrogens is 1. The molecule has 1 heterocycles. The van der Waals surface area contributed by atoms with Crippen molar-refractivity contribution in [3.63, 3.8) is 0 Å². The molecule has 0 aliphatic carbocycles. The van der Waals surface area contributed by atoms with E-state index >= 15 is 0 Å². The number of benzene rings is 2. The van der Waals surface area contributed by atoms with Gasteiger partial charge in [-0.05, 0) is 35.7 Å². The van der Waals surface area contributed by atoms with Gasteiger partial charge in [-0.15, -0.1) is 0 Å². The molecular formula is C21H20ClN3O. The number of carbonyl (C=O) groups is 1. The molecule has 2 aromatic carbocycles. The maximum Gasteiger partial charge on any atom is 0.251 e.